The number of hydrogen-bond donors (Lipinski definition) is 1. The molecule has 1 aliphatic heterocycles. The van der Waals surface area contributed by atoms with E-state index in [1.54, 1.807) is 14.2 Å². The number of carbonyl (C=O) groups is 1. The number of amides is 1. The summed E-state index contributed by atoms with van der Waals surface area (Å²) in [6.07, 6.45) is 3.83. The highest BCUT2D eigenvalue weighted by molar-refractivity contribution is 6.30. The summed E-state index contributed by atoms with van der Waals surface area (Å²) in [5, 5.41) is 3.80. The molecule has 0 bridgehead atoms. The molecule has 1 amide bonds. The Kier molecular flexibility index (Phi) is 8.40. The van der Waals surface area contributed by atoms with E-state index in [9.17, 15) is 4.79 Å². The number of hydrogen-bond acceptors (Lipinski definition) is 4. The lowest BCUT2D eigenvalue weighted by Crippen LogP contribution is -2.35. The summed E-state index contributed by atoms with van der Waals surface area (Å²) in [5.74, 6) is 2.10. The van der Waals surface area contributed by atoms with Crippen molar-refractivity contribution in [3.63, 3.8) is 0 Å². The van der Waals surface area contributed by atoms with Gasteiger partial charge < -0.3 is 14.8 Å². The van der Waals surface area contributed by atoms with E-state index in [4.69, 9.17) is 21.1 Å². The molecule has 1 atom stereocenters. The SMILES string of the molecule is COc1ccc(CNC(=O)CC[C@H]2CCCN(Cc3cccc(Cl)c3)C2)c(OC)c1. The summed E-state index contributed by atoms with van der Waals surface area (Å²) < 4.78 is 10.6. The first-order chi connectivity index (χ1) is 14.6. The maximum Gasteiger partial charge on any atom is 0.220 e. The van der Waals surface area contributed by atoms with Crippen molar-refractivity contribution in [1.29, 1.82) is 0 Å². The molecular weight excluding hydrogens is 400 g/mol. The third-order valence-electron chi connectivity index (χ3n) is 5.65. The van der Waals surface area contributed by atoms with E-state index in [-0.39, 0.29) is 5.91 Å². The van der Waals surface area contributed by atoms with E-state index in [0.717, 1.165) is 48.1 Å². The van der Waals surface area contributed by atoms with Gasteiger partial charge in [-0.3, -0.25) is 9.69 Å². The summed E-state index contributed by atoms with van der Waals surface area (Å²) >= 11 is 6.11. The standard InChI is InChI=1S/C24H31ClN2O3/c1-29-22-10-9-20(23(14-22)30-2)15-26-24(28)11-8-18-6-4-12-27(16-18)17-19-5-3-7-21(25)13-19/h3,5,7,9-10,13-14,18H,4,6,8,11-12,15-17H2,1-2H3,(H,26,28)/t18-/m1/s1. The van der Waals surface area contributed by atoms with Crippen LogP contribution in [0.3, 0.4) is 0 Å². The molecule has 1 aliphatic rings. The summed E-state index contributed by atoms with van der Waals surface area (Å²) in [6.45, 7) is 3.51. The van der Waals surface area contributed by atoms with Crippen LogP contribution >= 0.6 is 11.6 Å². The lowest BCUT2D eigenvalue weighted by Gasteiger charge is -2.32. The Labute approximate surface area is 184 Å². The highest BCUT2D eigenvalue weighted by Crippen LogP contribution is 2.25. The van der Waals surface area contributed by atoms with E-state index in [1.807, 2.05) is 36.4 Å². The second-order valence-corrected chi connectivity index (χ2v) is 8.30. The monoisotopic (exact) mass is 430 g/mol. The minimum Gasteiger partial charge on any atom is -0.497 e. The van der Waals surface area contributed by atoms with E-state index in [2.05, 4.69) is 16.3 Å². The van der Waals surface area contributed by atoms with Crippen molar-refractivity contribution in [2.75, 3.05) is 27.3 Å². The Balaban J connectivity index is 1.43. The first-order valence-electron chi connectivity index (χ1n) is 10.5. The van der Waals surface area contributed by atoms with Crippen molar-refractivity contribution < 1.29 is 14.3 Å². The maximum absolute atomic E-state index is 12.4. The fraction of sp³-hybridized carbons (Fsp3) is 0.458. The molecule has 6 heteroatoms. The van der Waals surface area contributed by atoms with Gasteiger partial charge in [0.25, 0.3) is 0 Å². The van der Waals surface area contributed by atoms with Crippen LogP contribution in [0.2, 0.25) is 5.02 Å². The molecule has 0 unspecified atom stereocenters. The molecule has 0 aliphatic carbocycles. The maximum atomic E-state index is 12.4. The average Bonchev–Trinajstić information content (AvgIpc) is 2.76. The highest BCUT2D eigenvalue weighted by Gasteiger charge is 2.21. The molecular formula is C24H31ClN2O3. The number of halogens is 1. The fourth-order valence-electron chi connectivity index (χ4n) is 4.04. The molecule has 0 saturated carbocycles. The van der Waals surface area contributed by atoms with Gasteiger partial charge in [-0.15, -0.1) is 0 Å². The molecule has 1 saturated heterocycles. The highest BCUT2D eigenvalue weighted by atomic mass is 35.5. The second kappa shape index (κ2) is 11.2. The lowest BCUT2D eigenvalue weighted by molar-refractivity contribution is -0.121. The Morgan fingerprint density at radius 3 is 2.83 bits per heavy atom. The molecule has 1 fully saturated rings. The van der Waals surface area contributed by atoms with Crippen molar-refractivity contribution in [2.24, 2.45) is 5.92 Å². The molecule has 0 aromatic heterocycles. The molecule has 2 aromatic carbocycles. The van der Waals surface area contributed by atoms with Crippen LogP contribution in [0, 0.1) is 5.92 Å². The van der Waals surface area contributed by atoms with Crippen molar-refractivity contribution >= 4 is 17.5 Å². The van der Waals surface area contributed by atoms with Crippen LogP contribution in [0.25, 0.3) is 0 Å². The smallest absolute Gasteiger partial charge is 0.220 e. The summed E-state index contributed by atoms with van der Waals surface area (Å²) in [7, 11) is 3.25. The molecule has 0 spiro atoms. The normalized spacial score (nSPS) is 16.8. The van der Waals surface area contributed by atoms with Crippen molar-refractivity contribution in [3.05, 3.63) is 58.6 Å². The van der Waals surface area contributed by atoms with Gasteiger partial charge in [0.1, 0.15) is 11.5 Å². The number of benzene rings is 2. The third kappa shape index (κ3) is 6.64. The zero-order chi connectivity index (χ0) is 21.3. The first-order valence-corrected chi connectivity index (χ1v) is 10.9. The molecule has 162 valence electrons. The van der Waals surface area contributed by atoms with Crippen LogP contribution in [0.15, 0.2) is 42.5 Å². The summed E-state index contributed by atoms with van der Waals surface area (Å²) in [6, 6.07) is 13.7. The zero-order valence-electron chi connectivity index (χ0n) is 17.8. The number of ether oxygens (including phenoxy) is 2. The average molecular weight is 431 g/mol. The van der Waals surface area contributed by atoms with Crippen LogP contribution < -0.4 is 14.8 Å². The lowest BCUT2D eigenvalue weighted by atomic mass is 9.93. The van der Waals surface area contributed by atoms with Crippen molar-refractivity contribution in [3.8, 4) is 11.5 Å². The van der Waals surface area contributed by atoms with Crippen molar-refractivity contribution in [1.82, 2.24) is 10.2 Å². The van der Waals surface area contributed by atoms with Crippen LogP contribution in [0.1, 0.15) is 36.8 Å². The number of methoxy groups -OCH3 is 2. The van der Waals surface area contributed by atoms with Gasteiger partial charge in [0.05, 0.1) is 14.2 Å². The summed E-state index contributed by atoms with van der Waals surface area (Å²) in [5.41, 5.74) is 2.19. The molecule has 1 heterocycles. The quantitative estimate of drug-likeness (QED) is 0.628. The van der Waals surface area contributed by atoms with Crippen LogP contribution in [-0.2, 0) is 17.9 Å². The van der Waals surface area contributed by atoms with Gasteiger partial charge in [-0.1, -0.05) is 23.7 Å². The molecule has 5 nitrogen and oxygen atoms in total. The molecule has 2 aromatic rings. The third-order valence-corrected chi connectivity index (χ3v) is 5.88. The van der Waals surface area contributed by atoms with Gasteiger partial charge in [0.15, 0.2) is 0 Å². The van der Waals surface area contributed by atoms with E-state index in [0.29, 0.717) is 18.9 Å². The summed E-state index contributed by atoms with van der Waals surface area (Å²) in [4.78, 5) is 14.9. The number of rotatable bonds is 9. The number of nitrogens with zero attached hydrogens (tertiary/aromatic N) is 1. The van der Waals surface area contributed by atoms with E-state index in [1.165, 1.54) is 18.4 Å². The Morgan fingerprint density at radius 1 is 1.20 bits per heavy atom. The topological polar surface area (TPSA) is 50.8 Å². The second-order valence-electron chi connectivity index (χ2n) is 7.87. The fourth-order valence-corrected chi connectivity index (χ4v) is 4.25. The Hall–Kier alpha value is -2.24. The number of nitrogens with one attached hydrogen (secondary N) is 1. The van der Waals surface area contributed by atoms with Crippen LogP contribution in [-0.4, -0.2) is 38.1 Å². The minimum absolute atomic E-state index is 0.0832. The Bertz CT molecular complexity index is 843. The van der Waals surface area contributed by atoms with Crippen LogP contribution in [0.4, 0.5) is 0 Å². The van der Waals surface area contributed by atoms with Gasteiger partial charge >= 0.3 is 0 Å². The number of likely N-dealkylation sites (tertiary alicyclic amines) is 1. The minimum atomic E-state index is 0.0832. The predicted molar refractivity (Wildman–Crippen MR) is 120 cm³/mol. The van der Waals surface area contributed by atoms with Gasteiger partial charge in [-0.2, -0.15) is 0 Å². The van der Waals surface area contributed by atoms with Crippen LogP contribution in [0.5, 0.6) is 11.5 Å². The van der Waals surface area contributed by atoms with E-state index < -0.39 is 0 Å². The van der Waals surface area contributed by atoms with Gasteiger partial charge in [0.2, 0.25) is 5.91 Å². The van der Waals surface area contributed by atoms with Gasteiger partial charge in [-0.05, 0) is 61.6 Å². The molecule has 30 heavy (non-hydrogen) atoms. The predicted octanol–water partition coefficient (Wildman–Crippen LogP) is 4.67. The molecule has 3 rings (SSSR count). The number of carbonyl (C=O) groups excluding carboxylic acids is 1. The van der Waals surface area contributed by atoms with Gasteiger partial charge in [0, 0.05) is 42.7 Å². The van der Waals surface area contributed by atoms with Crippen molar-refractivity contribution in [2.45, 2.75) is 38.8 Å². The van der Waals surface area contributed by atoms with Gasteiger partial charge in [-0.25, -0.2) is 0 Å². The number of piperidine rings is 1. The molecule has 0 radical (unpaired) electrons. The largest absolute Gasteiger partial charge is 0.497 e. The zero-order valence-corrected chi connectivity index (χ0v) is 18.6. The Morgan fingerprint density at radius 2 is 2.07 bits per heavy atom. The molecule has 1 N–H and O–H groups in total. The first kappa shape index (κ1) is 22.4. The van der Waals surface area contributed by atoms with E-state index >= 15 is 0 Å².